The maximum Gasteiger partial charge on any atom is 0.364 e. The van der Waals surface area contributed by atoms with Gasteiger partial charge >= 0.3 is 5.97 Å². The molecule has 2 heterocycles. The van der Waals surface area contributed by atoms with E-state index >= 15 is 0 Å². The number of nitrogens with zero attached hydrogens (tertiary/aromatic N) is 4. The van der Waals surface area contributed by atoms with Crippen LogP contribution in [0.25, 0.3) is 0 Å². The van der Waals surface area contributed by atoms with E-state index in [9.17, 15) is 9.59 Å². The number of carbonyl (C=O) groups is 2. The van der Waals surface area contributed by atoms with Gasteiger partial charge in [-0.2, -0.15) is 0 Å². The van der Waals surface area contributed by atoms with Gasteiger partial charge in [0.25, 0.3) is 5.91 Å². The molecule has 0 aliphatic heterocycles. The van der Waals surface area contributed by atoms with E-state index in [0.29, 0.717) is 35.1 Å². The van der Waals surface area contributed by atoms with Gasteiger partial charge in [-0.05, 0) is 59.2 Å². The van der Waals surface area contributed by atoms with Crippen molar-refractivity contribution in [3.05, 3.63) is 75.4 Å². The van der Waals surface area contributed by atoms with Gasteiger partial charge in [-0.25, -0.2) is 14.8 Å². The Hall–Kier alpha value is -3.68. The van der Waals surface area contributed by atoms with Crippen molar-refractivity contribution in [3.63, 3.8) is 0 Å². The lowest BCUT2D eigenvalue weighted by Gasteiger charge is -2.10. The van der Waals surface area contributed by atoms with Gasteiger partial charge in [0.1, 0.15) is 11.4 Å². The Balaban J connectivity index is 1.63. The minimum atomic E-state index is -0.557. The van der Waals surface area contributed by atoms with E-state index in [1.807, 2.05) is 20.8 Å². The third kappa shape index (κ3) is 5.09. The van der Waals surface area contributed by atoms with Crippen molar-refractivity contribution in [2.24, 2.45) is 0 Å². The summed E-state index contributed by atoms with van der Waals surface area (Å²) >= 11 is 0. The second-order valence-electron chi connectivity index (χ2n) is 7.37. The summed E-state index contributed by atoms with van der Waals surface area (Å²) < 4.78 is 5.42. The van der Waals surface area contributed by atoms with Crippen molar-refractivity contribution >= 4 is 11.9 Å². The summed E-state index contributed by atoms with van der Waals surface area (Å²) in [4.78, 5) is 42.2. The summed E-state index contributed by atoms with van der Waals surface area (Å²) in [5.74, 6) is -0.458. The summed E-state index contributed by atoms with van der Waals surface area (Å²) in [7, 11) is 0. The van der Waals surface area contributed by atoms with Gasteiger partial charge in [0.05, 0.1) is 34.2 Å². The lowest BCUT2D eigenvalue weighted by molar-refractivity contribution is 0.0726. The molecular weight excluding hydrogens is 394 g/mol. The predicted molar refractivity (Wildman–Crippen MR) is 115 cm³/mol. The molecule has 2 aromatic heterocycles. The molecule has 160 valence electrons. The third-order valence-electron chi connectivity index (χ3n) is 4.96. The molecule has 0 aliphatic carbocycles. The van der Waals surface area contributed by atoms with E-state index < -0.39 is 5.97 Å². The number of nitrogens with one attached hydrogen (secondary N) is 1. The van der Waals surface area contributed by atoms with Crippen molar-refractivity contribution in [1.82, 2.24) is 25.3 Å². The lowest BCUT2D eigenvalue weighted by Crippen LogP contribution is -2.25. The molecule has 31 heavy (non-hydrogen) atoms. The molecule has 0 fully saturated rings. The summed E-state index contributed by atoms with van der Waals surface area (Å²) in [6.07, 6.45) is 0. The monoisotopic (exact) mass is 419 g/mol. The first-order chi connectivity index (χ1) is 14.7. The quantitative estimate of drug-likeness (QED) is 0.499. The normalized spacial score (nSPS) is 10.6. The van der Waals surface area contributed by atoms with E-state index in [-0.39, 0.29) is 11.6 Å². The van der Waals surface area contributed by atoms with E-state index in [1.165, 1.54) is 0 Å². The molecule has 0 atom stereocenters. The average molecular weight is 419 g/mol. The van der Waals surface area contributed by atoms with Crippen LogP contribution in [-0.2, 0) is 6.54 Å². The van der Waals surface area contributed by atoms with E-state index in [1.54, 1.807) is 45.0 Å². The summed E-state index contributed by atoms with van der Waals surface area (Å²) in [5, 5.41) is 2.84. The Morgan fingerprint density at radius 1 is 0.710 bits per heavy atom. The minimum Gasteiger partial charge on any atom is -0.422 e. The zero-order valence-electron chi connectivity index (χ0n) is 18.5. The molecule has 3 rings (SSSR count). The van der Waals surface area contributed by atoms with E-state index in [2.05, 4.69) is 25.3 Å². The summed E-state index contributed by atoms with van der Waals surface area (Å²) in [6, 6.07) is 6.90. The highest BCUT2D eigenvalue weighted by atomic mass is 16.5. The van der Waals surface area contributed by atoms with Gasteiger partial charge < -0.3 is 10.1 Å². The molecule has 0 spiro atoms. The van der Waals surface area contributed by atoms with E-state index in [0.717, 1.165) is 22.6 Å². The second kappa shape index (κ2) is 8.99. The Kier molecular flexibility index (Phi) is 6.39. The van der Waals surface area contributed by atoms with Gasteiger partial charge in [0, 0.05) is 6.54 Å². The van der Waals surface area contributed by atoms with Crippen molar-refractivity contribution in [2.75, 3.05) is 0 Å². The number of aromatic nitrogens is 4. The summed E-state index contributed by atoms with van der Waals surface area (Å²) in [5.41, 5.74) is 5.49. The topological polar surface area (TPSA) is 107 Å². The van der Waals surface area contributed by atoms with Crippen LogP contribution in [0, 0.1) is 41.5 Å². The minimum absolute atomic E-state index is 0.198. The molecule has 0 unspecified atom stereocenters. The number of amides is 1. The molecule has 0 bridgehead atoms. The molecule has 0 saturated carbocycles. The molecule has 1 N–H and O–H groups in total. The maximum atomic E-state index is 12.5. The number of hydrogen-bond acceptors (Lipinski definition) is 7. The Labute approximate surface area is 181 Å². The molecule has 8 nitrogen and oxygen atoms in total. The highest BCUT2D eigenvalue weighted by Crippen LogP contribution is 2.16. The SMILES string of the molecule is Cc1nc(C)c(C(=O)NCc2ccc(OC(=O)c3nc(C)c(C)nc3C)cc2)nc1C. The number of ether oxygens (including phenoxy) is 1. The number of hydrogen-bond donors (Lipinski definition) is 1. The molecule has 0 aliphatic rings. The van der Waals surface area contributed by atoms with Crippen LogP contribution >= 0.6 is 0 Å². The molecule has 1 aromatic carbocycles. The Morgan fingerprint density at radius 3 is 1.77 bits per heavy atom. The molecule has 8 heteroatoms. The Morgan fingerprint density at radius 2 is 1.19 bits per heavy atom. The van der Waals surface area contributed by atoms with Crippen molar-refractivity contribution in [2.45, 2.75) is 48.1 Å². The summed E-state index contributed by atoms with van der Waals surface area (Å²) in [6.45, 7) is 11.1. The number of benzene rings is 1. The van der Waals surface area contributed by atoms with Crippen molar-refractivity contribution in [3.8, 4) is 5.75 Å². The smallest absolute Gasteiger partial charge is 0.364 e. The van der Waals surface area contributed by atoms with Crippen molar-refractivity contribution in [1.29, 1.82) is 0 Å². The molecule has 0 radical (unpaired) electrons. The third-order valence-corrected chi connectivity index (χ3v) is 4.96. The van der Waals surface area contributed by atoms with Crippen molar-refractivity contribution < 1.29 is 14.3 Å². The van der Waals surface area contributed by atoms with Crippen LogP contribution in [0.1, 0.15) is 60.7 Å². The standard InChI is InChI=1S/C23H25N5O3/c1-12-14(3)27-20(16(5)25-12)22(29)24-11-18-7-9-19(10-8-18)31-23(30)21-17(6)26-13(2)15(4)28-21/h7-10H,11H2,1-6H3,(H,24,29). The first-order valence-electron chi connectivity index (χ1n) is 9.88. The maximum absolute atomic E-state index is 12.5. The average Bonchev–Trinajstić information content (AvgIpc) is 2.72. The van der Waals surface area contributed by atoms with Crippen LogP contribution in [0.5, 0.6) is 5.75 Å². The zero-order chi connectivity index (χ0) is 22.7. The molecule has 1 amide bonds. The highest BCUT2D eigenvalue weighted by Gasteiger charge is 2.17. The largest absolute Gasteiger partial charge is 0.422 e. The van der Waals surface area contributed by atoms with Gasteiger partial charge in [-0.3, -0.25) is 14.8 Å². The number of carbonyl (C=O) groups excluding carboxylic acids is 2. The van der Waals surface area contributed by atoms with Gasteiger partial charge in [0.15, 0.2) is 5.69 Å². The second-order valence-corrected chi connectivity index (χ2v) is 7.37. The van der Waals surface area contributed by atoms with Crippen LogP contribution in [0.2, 0.25) is 0 Å². The first kappa shape index (κ1) is 22.0. The van der Waals surface area contributed by atoms with Crippen LogP contribution in [-0.4, -0.2) is 31.8 Å². The lowest BCUT2D eigenvalue weighted by atomic mass is 10.2. The van der Waals surface area contributed by atoms with Gasteiger partial charge in [0.2, 0.25) is 0 Å². The predicted octanol–water partition coefficient (Wildman–Crippen LogP) is 3.27. The molecular formula is C23H25N5O3. The van der Waals surface area contributed by atoms with Crippen LogP contribution in [0.3, 0.4) is 0 Å². The fourth-order valence-electron chi connectivity index (χ4n) is 2.94. The number of rotatable bonds is 5. The van der Waals surface area contributed by atoms with E-state index in [4.69, 9.17) is 4.74 Å². The van der Waals surface area contributed by atoms with Gasteiger partial charge in [-0.15, -0.1) is 0 Å². The number of esters is 1. The van der Waals surface area contributed by atoms with Gasteiger partial charge in [-0.1, -0.05) is 12.1 Å². The fourth-order valence-corrected chi connectivity index (χ4v) is 2.94. The first-order valence-corrected chi connectivity index (χ1v) is 9.88. The Bertz CT molecular complexity index is 1160. The van der Waals surface area contributed by atoms with Crippen LogP contribution < -0.4 is 10.1 Å². The highest BCUT2D eigenvalue weighted by molar-refractivity contribution is 5.93. The molecule has 0 saturated heterocycles. The van der Waals surface area contributed by atoms with Crippen LogP contribution in [0.15, 0.2) is 24.3 Å². The van der Waals surface area contributed by atoms with Crippen LogP contribution in [0.4, 0.5) is 0 Å². The zero-order valence-corrected chi connectivity index (χ0v) is 18.5. The number of aryl methyl sites for hydroxylation is 6. The molecule has 3 aromatic rings. The fraction of sp³-hybridized carbons (Fsp3) is 0.304.